The monoisotopic (exact) mass is 194 g/mol. The van der Waals surface area contributed by atoms with Gasteiger partial charge in [0.15, 0.2) is 0 Å². The lowest BCUT2D eigenvalue weighted by Gasteiger charge is -2.07. The van der Waals surface area contributed by atoms with E-state index in [0.29, 0.717) is 12.0 Å². The summed E-state index contributed by atoms with van der Waals surface area (Å²) < 4.78 is 0. The highest BCUT2D eigenvalue weighted by Gasteiger charge is 2.29. The van der Waals surface area contributed by atoms with Crippen molar-refractivity contribution in [2.45, 2.75) is 18.6 Å². The number of hydrogen-bond acceptors (Lipinski definition) is 4. The largest absolute Gasteiger partial charge is 0.391 e. The number of rotatable bonds is 1. The number of nitrogens with two attached hydrogens (primary N) is 1. The minimum Gasteiger partial charge on any atom is -0.391 e. The second-order valence-corrected chi connectivity index (χ2v) is 3.44. The van der Waals surface area contributed by atoms with Crippen molar-refractivity contribution in [2.75, 3.05) is 0 Å². The third kappa shape index (κ3) is 1.26. The van der Waals surface area contributed by atoms with Crippen LogP contribution in [-0.4, -0.2) is 16.1 Å². The molecule has 0 aromatic heterocycles. The number of aliphatic hydroxyl groups is 1. The number of hydrogen-bond donors (Lipinski definition) is 2. The number of nitro benzene ring substituents is 1. The molecule has 1 aromatic carbocycles. The van der Waals surface area contributed by atoms with Crippen molar-refractivity contribution in [3.05, 3.63) is 39.4 Å². The topological polar surface area (TPSA) is 89.4 Å². The lowest BCUT2D eigenvalue weighted by atomic mass is 10.1. The zero-order valence-corrected chi connectivity index (χ0v) is 7.38. The predicted molar refractivity (Wildman–Crippen MR) is 49.7 cm³/mol. The summed E-state index contributed by atoms with van der Waals surface area (Å²) in [5.74, 6) is 0. The standard InChI is InChI=1S/C9H10N2O3/c10-9-7-4-6(11(13)14)2-1-5(7)3-8(9)12/h1-2,4,8-9,12H,3,10H2/t8-,9-/m0/s1. The molecule has 5 heteroatoms. The van der Waals surface area contributed by atoms with Crippen molar-refractivity contribution in [2.24, 2.45) is 5.73 Å². The van der Waals surface area contributed by atoms with E-state index in [4.69, 9.17) is 5.73 Å². The van der Waals surface area contributed by atoms with Gasteiger partial charge >= 0.3 is 0 Å². The van der Waals surface area contributed by atoms with Crippen LogP contribution in [0.15, 0.2) is 18.2 Å². The van der Waals surface area contributed by atoms with Crippen LogP contribution in [0.2, 0.25) is 0 Å². The van der Waals surface area contributed by atoms with Gasteiger partial charge in [0.1, 0.15) is 0 Å². The van der Waals surface area contributed by atoms with E-state index in [1.165, 1.54) is 12.1 Å². The molecule has 0 aliphatic heterocycles. The normalized spacial score (nSPS) is 24.7. The molecule has 0 unspecified atom stereocenters. The van der Waals surface area contributed by atoms with Gasteiger partial charge in [-0.1, -0.05) is 6.07 Å². The molecule has 14 heavy (non-hydrogen) atoms. The maximum absolute atomic E-state index is 10.5. The van der Waals surface area contributed by atoms with E-state index in [9.17, 15) is 15.2 Å². The van der Waals surface area contributed by atoms with Gasteiger partial charge in [0.2, 0.25) is 0 Å². The summed E-state index contributed by atoms with van der Waals surface area (Å²) in [7, 11) is 0. The number of fused-ring (bicyclic) bond motifs is 1. The van der Waals surface area contributed by atoms with Gasteiger partial charge in [-0.25, -0.2) is 0 Å². The van der Waals surface area contributed by atoms with E-state index in [2.05, 4.69) is 0 Å². The maximum atomic E-state index is 10.5. The summed E-state index contributed by atoms with van der Waals surface area (Å²) in [6.45, 7) is 0. The van der Waals surface area contributed by atoms with E-state index in [0.717, 1.165) is 5.56 Å². The second kappa shape index (κ2) is 3.04. The van der Waals surface area contributed by atoms with Gasteiger partial charge in [0.25, 0.3) is 5.69 Å². The summed E-state index contributed by atoms with van der Waals surface area (Å²) in [5.41, 5.74) is 7.29. The van der Waals surface area contributed by atoms with Gasteiger partial charge in [0.05, 0.1) is 17.1 Å². The Morgan fingerprint density at radius 2 is 2.29 bits per heavy atom. The number of non-ortho nitro benzene ring substituents is 1. The summed E-state index contributed by atoms with van der Waals surface area (Å²) in [5, 5.41) is 19.9. The SMILES string of the molecule is N[C@H]1c2cc([N+](=O)[O-])ccc2C[C@@H]1O. The van der Waals surface area contributed by atoms with Crippen molar-refractivity contribution >= 4 is 5.69 Å². The third-order valence-electron chi connectivity index (χ3n) is 2.54. The first-order valence-corrected chi connectivity index (χ1v) is 4.30. The minimum atomic E-state index is -0.619. The van der Waals surface area contributed by atoms with Crippen molar-refractivity contribution in [3.63, 3.8) is 0 Å². The average molecular weight is 194 g/mol. The van der Waals surface area contributed by atoms with E-state index in [1.54, 1.807) is 6.07 Å². The summed E-state index contributed by atoms with van der Waals surface area (Å²) in [6, 6.07) is 4.04. The Bertz CT molecular complexity index is 392. The van der Waals surface area contributed by atoms with Crippen LogP contribution >= 0.6 is 0 Å². The fourth-order valence-electron chi connectivity index (χ4n) is 1.75. The first-order chi connectivity index (χ1) is 6.59. The summed E-state index contributed by atoms with van der Waals surface area (Å²) in [6.07, 6.45) is -0.138. The lowest BCUT2D eigenvalue weighted by Crippen LogP contribution is -2.21. The summed E-state index contributed by atoms with van der Waals surface area (Å²) in [4.78, 5) is 10.0. The molecule has 0 saturated heterocycles. The predicted octanol–water partition coefficient (Wildman–Crippen LogP) is 0.512. The van der Waals surface area contributed by atoms with Gasteiger partial charge in [-0.15, -0.1) is 0 Å². The Morgan fingerprint density at radius 1 is 1.57 bits per heavy atom. The van der Waals surface area contributed by atoms with Crippen LogP contribution in [0.3, 0.4) is 0 Å². The van der Waals surface area contributed by atoms with E-state index in [1.807, 2.05) is 0 Å². The van der Waals surface area contributed by atoms with Gasteiger partial charge in [-0.3, -0.25) is 10.1 Å². The second-order valence-electron chi connectivity index (χ2n) is 3.44. The molecular formula is C9H10N2O3. The molecule has 5 nitrogen and oxygen atoms in total. The molecular weight excluding hydrogens is 184 g/mol. The Kier molecular flexibility index (Phi) is 1.98. The van der Waals surface area contributed by atoms with Crippen LogP contribution in [0.25, 0.3) is 0 Å². The zero-order valence-electron chi connectivity index (χ0n) is 7.38. The molecule has 0 spiro atoms. The number of nitro groups is 1. The van der Waals surface area contributed by atoms with Gasteiger partial charge in [0, 0.05) is 18.6 Å². The summed E-state index contributed by atoms with van der Waals surface area (Å²) >= 11 is 0. The van der Waals surface area contributed by atoms with Crippen LogP contribution < -0.4 is 5.73 Å². The number of aliphatic hydroxyl groups excluding tert-OH is 1. The quantitative estimate of drug-likeness (QED) is 0.503. The molecule has 1 aliphatic rings. The minimum absolute atomic E-state index is 0.0216. The number of nitrogens with zero attached hydrogens (tertiary/aromatic N) is 1. The van der Waals surface area contributed by atoms with Crippen LogP contribution in [0.5, 0.6) is 0 Å². The molecule has 0 fully saturated rings. The van der Waals surface area contributed by atoms with Crippen molar-refractivity contribution < 1.29 is 10.0 Å². The third-order valence-corrected chi connectivity index (χ3v) is 2.54. The van der Waals surface area contributed by atoms with Gasteiger partial charge in [-0.05, 0) is 11.1 Å². The van der Waals surface area contributed by atoms with Crippen molar-refractivity contribution in [1.29, 1.82) is 0 Å². The van der Waals surface area contributed by atoms with Gasteiger partial charge in [-0.2, -0.15) is 0 Å². The first kappa shape index (κ1) is 9.11. The molecule has 0 bridgehead atoms. The first-order valence-electron chi connectivity index (χ1n) is 4.30. The molecule has 0 saturated carbocycles. The molecule has 3 N–H and O–H groups in total. The van der Waals surface area contributed by atoms with E-state index < -0.39 is 17.1 Å². The Balaban J connectivity index is 2.46. The Morgan fingerprint density at radius 3 is 2.93 bits per heavy atom. The van der Waals surface area contributed by atoms with Crippen LogP contribution in [-0.2, 0) is 6.42 Å². The molecule has 1 aromatic rings. The van der Waals surface area contributed by atoms with E-state index >= 15 is 0 Å². The molecule has 74 valence electrons. The van der Waals surface area contributed by atoms with Crippen LogP contribution in [0, 0.1) is 10.1 Å². The fourth-order valence-corrected chi connectivity index (χ4v) is 1.75. The van der Waals surface area contributed by atoms with Crippen LogP contribution in [0.1, 0.15) is 17.2 Å². The molecule has 2 atom stereocenters. The molecule has 1 aliphatic carbocycles. The molecule has 0 amide bonds. The lowest BCUT2D eigenvalue weighted by molar-refractivity contribution is -0.384. The number of benzene rings is 1. The molecule has 0 heterocycles. The zero-order chi connectivity index (χ0) is 10.3. The highest BCUT2D eigenvalue weighted by Crippen LogP contribution is 2.32. The molecule has 0 radical (unpaired) electrons. The highest BCUT2D eigenvalue weighted by molar-refractivity contribution is 5.44. The Labute approximate surface area is 80.3 Å². The maximum Gasteiger partial charge on any atom is 0.269 e. The molecule has 2 rings (SSSR count). The van der Waals surface area contributed by atoms with Gasteiger partial charge < -0.3 is 10.8 Å². The average Bonchev–Trinajstić information content (AvgIpc) is 2.43. The Hall–Kier alpha value is -1.46. The van der Waals surface area contributed by atoms with Crippen LogP contribution in [0.4, 0.5) is 5.69 Å². The fraction of sp³-hybridized carbons (Fsp3) is 0.333. The van der Waals surface area contributed by atoms with E-state index in [-0.39, 0.29) is 5.69 Å². The smallest absolute Gasteiger partial charge is 0.269 e. The van der Waals surface area contributed by atoms with Crippen molar-refractivity contribution in [1.82, 2.24) is 0 Å². The highest BCUT2D eigenvalue weighted by atomic mass is 16.6. The van der Waals surface area contributed by atoms with Crippen molar-refractivity contribution in [3.8, 4) is 0 Å².